The summed E-state index contributed by atoms with van der Waals surface area (Å²) >= 11 is 0. The van der Waals surface area contributed by atoms with Gasteiger partial charge >= 0.3 is 6.01 Å². The minimum Gasteiger partial charge on any atom is -0.459 e. The van der Waals surface area contributed by atoms with Crippen LogP contribution < -0.4 is 9.64 Å². The van der Waals surface area contributed by atoms with Crippen LogP contribution >= 0.6 is 0 Å². The fourth-order valence-corrected chi connectivity index (χ4v) is 5.82. The van der Waals surface area contributed by atoms with Crippen LogP contribution in [0.25, 0.3) is 22.2 Å². The van der Waals surface area contributed by atoms with Crippen LogP contribution in [-0.2, 0) is 18.4 Å². The highest BCUT2D eigenvalue weighted by Gasteiger charge is 2.49. The molecular weight excluding hydrogens is 490 g/mol. The number of nitriles is 1. The van der Waals surface area contributed by atoms with Crippen LogP contribution in [0.4, 0.5) is 5.82 Å². The van der Waals surface area contributed by atoms with E-state index in [2.05, 4.69) is 22.6 Å². The number of likely N-dealkylation sites (tertiary alicyclic amines) is 1. The molecule has 2 aromatic heterocycles. The normalized spacial score (nSPS) is 15.8. The summed E-state index contributed by atoms with van der Waals surface area (Å²) in [4.78, 5) is 25.6. The summed E-state index contributed by atoms with van der Waals surface area (Å²) in [6, 6.07) is 16.6. The van der Waals surface area contributed by atoms with Crippen molar-refractivity contribution in [1.82, 2.24) is 24.6 Å². The number of aromatic nitrogens is 4. The Balaban J connectivity index is 1.44. The Bertz CT molecular complexity index is 1630. The first-order valence-corrected chi connectivity index (χ1v) is 13.0. The van der Waals surface area contributed by atoms with Crippen molar-refractivity contribution in [2.24, 2.45) is 12.5 Å². The average Bonchev–Trinajstić information content (AvgIpc) is 3.55. The number of benzene rings is 2. The Labute approximate surface area is 227 Å². The molecule has 196 valence electrons. The number of amides is 1. The van der Waals surface area contributed by atoms with E-state index in [0.29, 0.717) is 43.3 Å². The van der Waals surface area contributed by atoms with Crippen molar-refractivity contribution in [2.45, 2.75) is 20.0 Å². The molecule has 0 unspecified atom stereocenters. The lowest BCUT2D eigenvalue weighted by molar-refractivity contribution is -0.136. The van der Waals surface area contributed by atoms with E-state index in [1.54, 1.807) is 0 Å². The van der Waals surface area contributed by atoms with E-state index in [4.69, 9.17) is 14.7 Å². The molecular formula is C30H29N7O2. The van der Waals surface area contributed by atoms with E-state index in [1.807, 2.05) is 72.2 Å². The van der Waals surface area contributed by atoms with Gasteiger partial charge in [0.2, 0.25) is 5.91 Å². The number of rotatable bonds is 6. The topological polar surface area (TPSA) is 100 Å². The summed E-state index contributed by atoms with van der Waals surface area (Å²) in [7, 11) is 1.89. The minimum atomic E-state index is -0.0440. The third-order valence-corrected chi connectivity index (χ3v) is 7.82. The molecule has 2 fully saturated rings. The van der Waals surface area contributed by atoms with Gasteiger partial charge in [0, 0.05) is 49.6 Å². The van der Waals surface area contributed by atoms with Gasteiger partial charge in [-0.3, -0.25) is 9.48 Å². The first-order chi connectivity index (χ1) is 18.9. The molecule has 0 N–H and O–H groups in total. The maximum absolute atomic E-state index is 12.1. The molecule has 2 saturated heterocycles. The molecule has 9 heteroatoms. The summed E-state index contributed by atoms with van der Waals surface area (Å²) in [5.74, 6) is 0.520. The molecule has 6 rings (SSSR count). The molecule has 0 saturated carbocycles. The lowest BCUT2D eigenvalue weighted by Crippen LogP contribution is -2.59. The van der Waals surface area contributed by atoms with Crippen molar-refractivity contribution >= 4 is 22.6 Å². The number of hydrogen-bond acceptors (Lipinski definition) is 7. The van der Waals surface area contributed by atoms with Crippen LogP contribution in [0.3, 0.4) is 0 Å². The fraction of sp³-hybridized carbons (Fsp3) is 0.300. The average molecular weight is 520 g/mol. The van der Waals surface area contributed by atoms with Gasteiger partial charge < -0.3 is 14.5 Å². The van der Waals surface area contributed by atoms with E-state index in [-0.39, 0.29) is 17.3 Å². The molecule has 2 aromatic carbocycles. The Hall–Kier alpha value is -4.71. The molecule has 4 aromatic rings. The summed E-state index contributed by atoms with van der Waals surface area (Å²) in [6.45, 7) is 8.72. The Kier molecular flexibility index (Phi) is 6.03. The number of nitrogens with zero attached hydrogens (tertiary/aromatic N) is 7. The fourth-order valence-electron chi connectivity index (χ4n) is 5.82. The Morgan fingerprint density at radius 3 is 2.72 bits per heavy atom. The van der Waals surface area contributed by atoms with Gasteiger partial charge in [-0.15, -0.1) is 0 Å². The molecule has 0 aliphatic carbocycles. The van der Waals surface area contributed by atoms with Crippen LogP contribution in [0.1, 0.15) is 23.1 Å². The second-order valence-electron chi connectivity index (χ2n) is 10.5. The summed E-state index contributed by atoms with van der Waals surface area (Å²) in [5.41, 5.74) is 4.67. The highest BCUT2D eigenvalue weighted by Crippen LogP contribution is 2.43. The van der Waals surface area contributed by atoms with E-state index >= 15 is 0 Å². The zero-order chi connectivity index (χ0) is 27.1. The van der Waals surface area contributed by atoms with Gasteiger partial charge in [-0.05, 0) is 30.5 Å². The third-order valence-electron chi connectivity index (χ3n) is 7.82. The molecule has 2 aliphatic rings. The zero-order valence-corrected chi connectivity index (χ0v) is 22.1. The van der Waals surface area contributed by atoms with Gasteiger partial charge in [0.15, 0.2) is 5.82 Å². The zero-order valence-electron chi connectivity index (χ0n) is 22.1. The SMILES string of the molecule is C=CC(=O)N1CC2(CCN(c3nc(OCc4ccccc4)nc(-c4c(C)ccc5cnn(C)c45)c3C#N)C2)C1. The predicted molar refractivity (Wildman–Crippen MR) is 148 cm³/mol. The van der Waals surface area contributed by atoms with Crippen molar-refractivity contribution in [3.8, 4) is 23.3 Å². The van der Waals surface area contributed by atoms with Crippen LogP contribution in [0.5, 0.6) is 6.01 Å². The maximum Gasteiger partial charge on any atom is 0.319 e. The van der Waals surface area contributed by atoms with Crippen molar-refractivity contribution in [3.63, 3.8) is 0 Å². The number of fused-ring (bicyclic) bond motifs is 1. The van der Waals surface area contributed by atoms with Gasteiger partial charge in [-0.25, -0.2) is 0 Å². The molecule has 1 amide bonds. The molecule has 0 atom stereocenters. The lowest BCUT2D eigenvalue weighted by atomic mass is 9.79. The predicted octanol–water partition coefficient (Wildman–Crippen LogP) is 4.01. The van der Waals surface area contributed by atoms with Gasteiger partial charge in [-0.2, -0.15) is 20.3 Å². The van der Waals surface area contributed by atoms with Crippen LogP contribution in [0.15, 0.2) is 61.3 Å². The monoisotopic (exact) mass is 519 g/mol. The second kappa shape index (κ2) is 9.55. The Morgan fingerprint density at radius 1 is 1.18 bits per heavy atom. The summed E-state index contributed by atoms with van der Waals surface area (Å²) < 4.78 is 7.94. The van der Waals surface area contributed by atoms with Gasteiger partial charge in [-0.1, -0.05) is 49.0 Å². The van der Waals surface area contributed by atoms with Gasteiger partial charge in [0.05, 0.1) is 17.4 Å². The summed E-state index contributed by atoms with van der Waals surface area (Å²) in [6.07, 6.45) is 4.09. The number of carbonyl (C=O) groups excluding carboxylic acids is 1. The van der Waals surface area contributed by atoms with Crippen LogP contribution in [0.2, 0.25) is 0 Å². The number of hydrogen-bond donors (Lipinski definition) is 0. The highest BCUT2D eigenvalue weighted by molar-refractivity contribution is 5.97. The number of anilines is 1. The number of aryl methyl sites for hydroxylation is 2. The van der Waals surface area contributed by atoms with Gasteiger partial charge in [0.1, 0.15) is 18.2 Å². The van der Waals surface area contributed by atoms with Crippen molar-refractivity contribution < 1.29 is 9.53 Å². The number of carbonyl (C=O) groups is 1. The van der Waals surface area contributed by atoms with E-state index in [1.165, 1.54) is 6.08 Å². The van der Waals surface area contributed by atoms with E-state index in [9.17, 15) is 10.1 Å². The quantitative estimate of drug-likeness (QED) is 0.355. The van der Waals surface area contributed by atoms with E-state index < -0.39 is 0 Å². The maximum atomic E-state index is 12.1. The lowest BCUT2D eigenvalue weighted by Gasteiger charge is -2.47. The molecule has 39 heavy (non-hydrogen) atoms. The van der Waals surface area contributed by atoms with Crippen LogP contribution in [0, 0.1) is 23.7 Å². The third kappa shape index (κ3) is 4.28. The first kappa shape index (κ1) is 24.6. The minimum absolute atomic E-state index is 0.0143. The van der Waals surface area contributed by atoms with Gasteiger partial charge in [0.25, 0.3) is 0 Å². The van der Waals surface area contributed by atoms with Crippen molar-refractivity contribution in [1.29, 1.82) is 5.26 Å². The highest BCUT2D eigenvalue weighted by atomic mass is 16.5. The molecule has 2 aliphatic heterocycles. The molecule has 9 nitrogen and oxygen atoms in total. The smallest absolute Gasteiger partial charge is 0.319 e. The van der Waals surface area contributed by atoms with Crippen molar-refractivity contribution in [2.75, 3.05) is 31.1 Å². The molecule has 1 spiro atoms. The van der Waals surface area contributed by atoms with Crippen molar-refractivity contribution in [3.05, 3.63) is 78.0 Å². The Morgan fingerprint density at radius 2 is 1.97 bits per heavy atom. The standard InChI is InChI=1S/C30H29N7O2/c1-4-24(38)37-18-30(19-37)12-13-36(17-30)28-23(14-31)26(25-20(2)10-11-22-15-32-35(3)27(22)25)33-29(34-28)39-16-21-8-6-5-7-9-21/h4-11,15H,1,12-13,16-19H2,2-3H3. The molecule has 4 heterocycles. The molecule has 0 bridgehead atoms. The van der Waals surface area contributed by atoms with Crippen LogP contribution in [-0.4, -0.2) is 56.7 Å². The first-order valence-electron chi connectivity index (χ1n) is 13.0. The molecule has 0 radical (unpaired) electrons. The summed E-state index contributed by atoms with van der Waals surface area (Å²) in [5, 5.41) is 15.9. The van der Waals surface area contributed by atoms with E-state index in [0.717, 1.165) is 40.6 Å². The largest absolute Gasteiger partial charge is 0.459 e. The second-order valence-corrected chi connectivity index (χ2v) is 10.5. The number of ether oxygens (including phenoxy) is 1.